The van der Waals surface area contributed by atoms with Gasteiger partial charge in [-0.25, -0.2) is 0 Å². The molecule has 1 aliphatic carbocycles. The van der Waals surface area contributed by atoms with E-state index in [9.17, 15) is 9.90 Å². The van der Waals surface area contributed by atoms with Gasteiger partial charge >= 0.3 is 5.97 Å². The van der Waals surface area contributed by atoms with Gasteiger partial charge in [0.15, 0.2) is 13.6 Å². The number of methoxy groups -OCH3 is 2. The molecule has 0 heterocycles. The first-order valence-corrected chi connectivity index (χ1v) is 7.65. The number of carbonyl (C=O) groups is 1. The molecule has 1 aromatic rings. The molecule has 1 aromatic carbocycles. The molecule has 0 radical (unpaired) electrons. The standard InChI is InChI=1S/C17H24O6/c1-5-12-8-13(22-9-20-3)14(17(6-7-17)16(18)19)15(11(12)2)23-10-21-4/h8H,5-7,9-10H2,1-4H3,(H,18,19). The van der Waals surface area contributed by atoms with E-state index in [0.29, 0.717) is 29.9 Å². The third-order valence-corrected chi connectivity index (χ3v) is 4.27. The number of carboxylic acid groups (broad SMARTS) is 1. The predicted octanol–water partition coefficient (Wildman–Crippen LogP) is 2.64. The fraction of sp³-hybridized carbons (Fsp3) is 0.588. The highest BCUT2D eigenvalue weighted by atomic mass is 16.7. The van der Waals surface area contributed by atoms with Crippen molar-refractivity contribution in [1.29, 1.82) is 0 Å². The minimum absolute atomic E-state index is 0.0542. The minimum Gasteiger partial charge on any atom is -0.481 e. The van der Waals surface area contributed by atoms with Gasteiger partial charge in [-0.2, -0.15) is 0 Å². The van der Waals surface area contributed by atoms with E-state index in [1.165, 1.54) is 14.2 Å². The quantitative estimate of drug-likeness (QED) is 0.704. The molecule has 6 heteroatoms. The van der Waals surface area contributed by atoms with Gasteiger partial charge in [0.05, 0.1) is 5.56 Å². The summed E-state index contributed by atoms with van der Waals surface area (Å²) in [6.45, 7) is 4.08. The van der Waals surface area contributed by atoms with Gasteiger partial charge < -0.3 is 24.1 Å². The summed E-state index contributed by atoms with van der Waals surface area (Å²) >= 11 is 0. The maximum Gasteiger partial charge on any atom is 0.314 e. The number of aryl methyl sites for hydroxylation is 1. The van der Waals surface area contributed by atoms with Crippen LogP contribution in [0.2, 0.25) is 0 Å². The van der Waals surface area contributed by atoms with Gasteiger partial charge in [0, 0.05) is 14.2 Å². The smallest absolute Gasteiger partial charge is 0.314 e. The Bertz CT molecular complexity index is 577. The zero-order valence-corrected chi connectivity index (χ0v) is 14.1. The highest BCUT2D eigenvalue weighted by Crippen LogP contribution is 2.56. The van der Waals surface area contributed by atoms with Crippen LogP contribution in [0.25, 0.3) is 0 Å². The number of hydrogen-bond donors (Lipinski definition) is 1. The molecule has 1 aliphatic rings. The van der Waals surface area contributed by atoms with E-state index >= 15 is 0 Å². The Morgan fingerprint density at radius 2 is 1.83 bits per heavy atom. The summed E-state index contributed by atoms with van der Waals surface area (Å²) in [5.41, 5.74) is 1.63. The second-order valence-corrected chi connectivity index (χ2v) is 5.71. The molecule has 1 fully saturated rings. The van der Waals surface area contributed by atoms with E-state index in [4.69, 9.17) is 18.9 Å². The van der Waals surface area contributed by atoms with Crippen LogP contribution in [0.15, 0.2) is 6.07 Å². The summed E-state index contributed by atoms with van der Waals surface area (Å²) in [4.78, 5) is 11.8. The van der Waals surface area contributed by atoms with Crippen molar-refractivity contribution in [3.63, 3.8) is 0 Å². The second-order valence-electron chi connectivity index (χ2n) is 5.71. The molecule has 6 nitrogen and oxygen atoms in total. The lowest BCUT2D eigenvalue weighted by molar-refractivity contribution is -0.140. The number of ether oxygens (including phenoxy) is 4. The Morgan fingerprint density at radius 1 is 1.22 bits per heavy atom. The number of carboxylic acids is 1. The largest absolute Gasteiger partial charge is 0.481 e. The number of aliphatic carboxylic acids is 1. The van der Waals surface area contributed by atoms with Crippen molar-refractivity contribution in [2.75, 3.05) is 27.8 Å². The fourth-order valence-electron chi connectivity index (χ4n) is 2.83. The second kappa shape index (κ2) is 7.19. The number of benzene rings is 1. The molecular formula is C17H24O6. The zero-order chi connectivity index (χ0) is 17.0. The molecule has 23 heavy (non-hydrogen) atoms. The minimum atomic E-state index is -0.941. The van der Waals surface area contributed by atoms with Gasteiger partial charge in [-0.3, -0.25) is 4.79 Å². The van der Waals surface area contributed by atoms with Crippen LogP contribution in [0, 0.1) is 6.92 Å². The Morgan fingerprint density at radius 3 is 2.30 bits per heavy atom. The SMILES string of the molecule is CCc1cc(OCOC)c(C2(C(=O)O)CC2)c(OCOC)c1C. The Hall–Kier alpha value is -1.79. The summed E-state index contributed by atoms with van der Waals surface area (Å²) < 4.78 is 21.4. The maximum atomic E-state index is 11.8. The first kappa shape index (κ1) is 17.6. The lowest BCUT2D eigenvalue weighted by Crippen LogP contribution is -2.23. The van der Waals surface area contributed by atoms with E-state index in [-0.39, 0.29) is 13.6 Å². The van der Waals surface area contributed by atoms with Crippen LogP contribution in [0.5, 0.6) is 11.5 Å². The molecule has 0 aliphatic heterocycles. The summed E-state index contributed by atoms with van der Waals surface area (Å²) in [6, 6.07) is 1.90. The summed E-state index contributed by atoms with van der Waals surface area (Å²) in [5.74, 6) is 0.211. The van der Waals surface area contributed by atoms with Crippen LogP contribution in [-0.2, 0) is 26.1 Å². The molecule has 0 unspecified atom stereocenters. The van der Waals surface area contributed by atoms with Crippen LogP contribution >= 0.6 is 0 Å². The van der Waals surface area contributed by atoms with Crippen molar-refractivity contribution in [2.45, 2.75) is 38.5 Å². The van der Waals surface area contributed by atoms with Gasteiger partial charge in [0.25, 0.3) is 0 Å². The Balaban J connectivity index is 2.61. The van der Waals surface area contributed by atoms with E-state index in [2.05, 4.69) is 0 Å². The molecule has 0 amide bonds. The van der Waals surface area contributed by atoms with E-state index in [1.807, 2.05) is 19.9 Å². The summed E-state index contributed by atoms with van der Waals surface area (Å²) in [5, 5.41) is 9.70. The van der Waals surface area contributed by atoms with Crippen molar-refractivity contribution in [2.24, 2.45) is 0 Å². The molecule has 0 atom stereocenters. The monoisotopic (exact) mass is 324 g/mol. The molecule has 1 N–H and O–H groups in total. The summed E-state index contributed by atoms with van der Waals surface area (Å²) in [7, 11) is 3.06. The lowest BCUT2D eigenvalue weighted by Gasteiger charge is -2.23. The fourth-order valence-corrected chi connectivity index (χ4v) is 2.83. The average Bonchev–Trinajstić information content (AvgIpc) is 3.33. The van der Waals surface area contributed by atoms with Crippen LogP contribution in [0.1, 0.15) is 36.5 Å². The van der Waals surface area contributed by atoms with Crippen LogP contribution in [0.4, 0.5) is 0 Å². The van der Waals surface area contributed by atoms with Gasteiger partial charge in [-0.1, -0.05) is 6.92 Å². The van der Waals surface area contributed by atoms with Crippen LogP contribution in [-0.4, -0.2) is 38.9 Å². The molecule has 1 saturated carbocycles. The van der Waals surface area contributed by atoms with Crippen molar-refractivity contribution in [3.8, 4) is 11.5 Å². The first-order chi connectivity index (χ1) is 11.0. The third kappa shape index (κ3) is 3.28. The van der Waals surface area contributed by atoms with E-state index in [1.54, 1.807) is 0 Å². The zero-order valence-electron chi connectivity index (χ0n) is 14.1. The van der Waals surface area contributed by atoms with E-state index in [0.717, 1.165) is 17.5 Å². The summed E-state index contributed by atoms with van der Waals surface area (Å²) in [6.07, 6.45) is 1.93. The van der Waals surface area contributed by atoms with Gasteiger partial charge in [0.2, 0.25) is 0 Å². The molecule has 0 spiro atoms. The average molecular weight is 324 g/mol. The molecule has 0 bridgehead atoms. The highest BCUT2D eigenvalue weighted by Gasteiger charge is 2.55. The molecule has 0 saturated heterocycles. The van der Waals surface area contributed by atoms with Crippen molar-refractivity contribution in [1.82, 2.24) is 0 Å². The first-order valence-electron chi connectivity index (χ1n) is 7.65. The highest BCUT2D eigenvalue weighted by molar-refractivity contribution is 5.87. The van der Waals surface area contributed by atoms with Crippen molar-refractivity contribution < 1.29 is 28.8 Å². The Labute approximate surface area is 136 Å². The van der Waals surface area contributed by atoms with Crippen molar-refractivity contribution >= 4 is 5.97 Å². The third-order valence-electron chi connectivity index (χ3n) is 4.27. The predicted molar refractivity (Wildman–Crippen MR) is 84.1 cm³/mol. The van der Waals surface area contributed by atoms with Gasteiger partial charge in [-0.15, -0.1) is 0 Å². The van der Waals surface area contributed by atoms with Crippen molar-refractivity contribution in [3.05, 3.63) is 22.8 Å². The van der Waals surface area contributed by atoms with Crippen LogP contribution in [0.3, 0.4) is 0 Å². The number of rotatable bonds is 9. The molecular weight excluding hydrogens is 300 g/mol. The maximum absolute atomic E-state index is 11.8. The van der Waals surface area contributed by atoms with Gasteiger partial charge in [-0.05, 0) is 43.4 Å². The molecule has 2 rings (SSSR count). The Kier molecular flexibility index (Phi) is 5.49. The normalized spacial score (nSPS) is 15.3. The lowest BCUT2D eigenvalue weighted by atomic mass is 9.89. The molecule has 0 aromatic heterocycles. The molecule has 128 valence electrons. The van der Waals surface area contributed by atoms with Crippen LogP contribution < -0.4 is 9.47 Å². The van der Waals surface area contributed by atoms with E-state index < -0.39 is 11.4 Å². The van der Waals surface area contributed by atoms with Gasteiger partial charge in [0.1, 0.15) is 16.9 Å². The number of hydrogen-bond acceptors (Lipinski definition) is 5. The topological polar surface area (TPSA) is 74.2 Å².